The van der Waals surface area contributed by atoms with E-state index in [0.29, 0.717) is 0 Å². The molecule has 0 heterocycles. The van der Waals surface area contributed by atoms with Crippen LogP contribution in [0.5, 0.6) is 0 Å². The van der Waals surface area contributed by atoms with E-state index in [-0.39, 0.29) is 0 Å². The predicted octanol–water partition coefficient (Wildman–Crippen LogP) is 2.00. The van der Waals surface area contributed by atoms with Crippen molar-refractivity contribution in [1.82, 2.24) is 10.6 Å². The van der Waals surface area contributed by atoms with Gasteiger partial charge in [-0.2, -0.15) is 0 Å². The lowest BCUT2D eigenvalue weighted by Crippen LogP contribution is -2.37. The molecule has 0 radical (unpaired) electrons. The Morgan fingerprint density at radius 1 is 1.26 bits per heavy atom. The highest BCUT2D eigenvalue weighted by Crippen LogP contribution is 2.09. The molecule has 0 aliphatic carbocycles. The summed E-state index contributed by atoms with van der Waals surface area (Å²) < 4.78 is 5.01. The van der Waals surface area contributed by atoms with E-state index in [2.05, 4.69) is 47.7 Å². The van der Waals surface area contributed by atoms with Crippen LogP contribution < -0.4 is 10.6 Å². The van der Waals surface area contributed by atoms with Crippen LogP contribution in [0.3, 0.4) is 0 Å². The summed E-state index contributed by atoms with van der Waals surface area (Å²) in [5, 5.41) is 6.59. The van der Waals surface area contributed by atoms with Crippen molar-refractivity contribution in [1.29, 1.82) is 0 Å². The first-order valence-electron chi connectivity index (χ1n) is 6.67. The Morgan fingerprint density at radius 3 is 2.68 bits per heavy atom. The highest BCUT2D eigenvalue weighted by atomic mass is 16.5. The number of rotatable bonds is 6. The highest BCUT2D eigenvalue weighted by molar-refractivity contribution is 5.79. The minimum atomic E-state index is 0.765. The monoisotopic (exact) mass is 263 g/mol. The van der Waals surface area contributed by atoms with Gasteiger partial charge in [0.15, 0.2) is 5.96 Å². The summed E-state index contributed by atoms with van der Waals surface area (Å²) in [6.45, 7) is 6.66. The fourth-order valence-electron chi connectivity index (χ4n) is 1.87. The van der Waals surface area contributed by atoms with Crippen molar-refractivity contribution in [3.63, 3.8) is 0 Å². The van der Waals surface area contributed by atoms with Crippen LogP contribution in [0.1, 0.15) is 23.1 Å². The molecule has 0 aliphatic rings. The standard InChI is InChI=1S/C15H25N3O/c1-12-6-7-14(13(2)10-12)11-18-15(16-3)17-8-5-9-19-4/h6-7,10H,5,8-9,11H2,1-4H3,(H2,16,17,18). The van der Waals surface area contributed by atoms with Crippen LogP contribution in [-0.2, 0) is 11.3 Å². The molecular weight excluding hydrogens is 238 g/mol. The maximum atomic E-state index is 5.01. The molecule has 1 rings (SSSR count). The van der Waals surface area contributed by atoms with E-state index in [9.17, 15) is 0 Å². The van der Waals surface area contributed by atoms with Gasteiger partial charge in [-0.15, -0.1) is 0 Å². The molecule has 2 N–H and O–H groups in total. The number of aliphatic imine (C=N–C) groups is 1. The average molecular weight is 263 g/mol. The first kappa shape index (κ1) is 15.5. The molecule has 0 atom stereocenters. The molecule has 4 heteroatoms. The maximum absolute atomic E-state index is 5.01. The van der Waals surface area contributed by atoms with Gasteiger partial charge >= 0.3 is 0 Å². The van der Waals surface area contributed by atoms with Gasteiger partial charge in [-0.1, -0.05) is 23.8 Å². The van der Waals surface area contributed by atoms with Gasteiger partial charge in [-0.3, -0.25) is 4.99 Å². The van der Waals surface area contributed by atoms with E-state index >= 15 is 0 Å². The average Bonchev–Trinajstić information content (AvgIpc) is 2.40. The zero-order chi connectivity index (χ0) is 14.1. The number of methoxy groups -OCH3 is 1. The summed E-state index contributed by atoms with van der Waals surface area (Å²) in [4.78, 5) is 4.20. The third-order valence-electron chi connectivity index (χ3n) is 2.99. The number of nitrogens with zero attached hydrogens (tertiary/aromatic N) is 1. The van der Waals surface area contributed by atoms with E-state index in [1.54, 1.807) is 14.2 Å². The second-order valence-electron chi connectivity index (χ2n) is 4.63. The van der Waals surface area contributed by atoms with E-state index < -0.39 is 0 Å². The molecule has 1 aromatic rings. The zero-order valence-electron chi connectivity index (χ0n) is 12.4. The van der Waals surface area contributed by atoms with Crippen molar-refractivity contribution >= 4 is 5.96 Å². The molecule has 0 aliphatic heterocycles. The van der Waals surface area contributed by atoms with Crippen LogP contribution in [0.15, 0.2) is 23.2 Å². The third-order valence-corrected chi connectivity index (χ3v) is 2.99. The Bertz CT molecular complexity index is 416. The van der Waals surface area contributed by atoms with Gasteiger partial charge in [0.05, 0.1) is 0 Å². The molecule has 0 aromatic heterocycles. The lowest BCUT2D eigenvalue weighted by atomic mass is 10.1. The van der Waals surface area contributed by atoms with Crippen LogP contribution in [0.2, 0.25) is 0 Å². The summed E-state index contributed by atoms with van der Waals surface area (Å²) in [6, 6.07) is 6.50. The number of benzene rings is 1. The minimum Gasteiger partial charge on any atom is -0.385 e. The van der Waals surface area contributed by atoms with Crippen molar-refractivity contribution < 1.29 is 4.74 Å². The van der Waals surface area contributed by atoms with Crippen molar-refractivity contribution in [3.05, 3.63) is 34.9 Å². The van der Waals surface area contributed by atoms with Gasteiger partial charge in [-0.05, 0) is 31.4 Å². The normalized spacial score (nSPS) is 11.5. The van der Waals surface area contributed by atoms with Crippen LogP contribution >= 0.6 is 0 Å². The summed E-state index contributed by atoms with van der Waals surface area (Å²) in [7, 11) is 3.50. The summed E-state index contributed by atoms with van der Waals surface area (Å²) in [6.07, 6.45) is 0.973. The first-order chi connectivity index (χ1) is 9.17. The fraction of sp³-hybridized carbons (Fsp3) is 0.533. The number of ether oxygens (including phenoxy) is 1. The van der Waals surface area contributed by atoms with E-state index in [1.165, 1.54) is 16.7 Å². The quantitative estimate of drug-likeness (QED) is 0.469. The number of hydrogen-bond donors (Lipinski definition) is 2. The molecule has 0 bridgehead atoms. The Hall–Kier alpha value is -1.55. The molecule has 0 amide bonds. The summed E-state index contributed by atoms with van der Waals surface area (Å²) in [5.41, 5.74) is 3.90. The first-order valence-corrected chi connectivity index (χ1v) is 6.67. The molecular formula is C15H25N3O. The SMILES string of the molecule is CN=C(NCCCOC)NCc1ccc(C)cc1C. The van der Waals surface area contributed by atoms with E-state index in [4.69, 9.17) is 4.74 Å². The predicted molar refractivity (Wildman–Crippen MR) is 80.6 cm³/mol. The lowest BCUT2D eigenvalue weighted by Gasteiger charge is -2.13. The van der Waals surface area contributed by atoms with Gasteiger partial charge in [-0.25, -0.2) is 0 Å². The van der Waals surface area contributed by atoms with Crippen LogP contribution in [0.4, 0.5) is 0 Å². The molecule has 0 unspecified atom stereocenters. The molecule has 0 spiro atoms. The van der Waals surface area contributed by atoms with Crippen LogP contribution in [0, 0.1) is 13.8 Å². The molecule has 0 saturated heterocycles. The van der Waals surface area contributed by atoms with Gasteiger partial charge in [0.2, 0.25) is 0 Å². The minimum absolute atomic E-state index is 0.765. The van der Waals surface area contributed by atoms with Crippen molar-refractivity contribution in [2.75, 3.05) is 27.3 Å². The lowest BCUT2D eigenvalue weighted by molar-refractivity contribution is 0.195. The summed E-state index contributed by atoms with van der Waals surface area (Å²) >= 11 is 0. The Balaban J connectivity index is 2.40. The molecule has 4 nitrogen and oxygen atoms in total. The van der Waals surface area contributed by atoms with Gasteiger partial charge in [0.25, 0.3) is 0 Å². The van der Waals surface area contributed by atoms with Crippen LogP contribution in [0.25, 0.3) is 0 Å². The van der Waals surface area contributed by atoms with E-state index in [1.807, 2.05) is 0 Å². The van der Waals surface area contributed by atoms with Crippen molar-refractivity contribution in [3.8, 4) is 0 Å². The Labute approximate surface area is 116 Å². The second-order valence-corrected chi connectivity index (χ2v) is 4.63. The van der Waals surface area contributed by atoms with E-state index in [0.717, 1.165) is 32.1 Å². The maximum Gasteiger partial charge on any atom is 0.191 e. The molecule has 1 aromatic carbocycles. The van der Waals surface area contributed by atoms with Gasteiger partial charge < -0.3 is 15.4 Å². The topological polar surface area (TPSA) is 45.7 Å². The van der Waals surface area contributed by atoms with Crippen molar-refractivity contribution in [2.24, 2.45) is 4.99 Å². The highest BCUT2D eigenvalue weighted by Gasteiger charge is 2.01. The Morgan fingerprint density at radius 2 is 2.05 bits per heavy atom. The third kappa shape index (κ3) is 5.75. The number of nitrogens with one attached hydrogen (secondary N) is 2. The smallest absolute Gasteiger partial charge is 0.191 e. The molecule has 106 valence electrons. The van der Waals surface area contributed by atoms with Crippen molar-refractivity contribution in [2.45, 2.75) is 26.8 Å². The van der Waals surface area contributed by atoms with Gasteiger partial charge in [0, 0.05) is 33.9 Å². The fourth-order valence-corrected chi connectivity index (χ4v) is 1.87. The second kappa shape index (κ2) is 8.53. The van der Waals surface area contributed by atoms with Gasteiger partial charge in [0.1, 0.15) is 0 Å². The summed E-state index contributed by atoms with van der Waals surface area (Å²) in [5.74, 6) is 0.830. The molecule has 0 fully saturated rings. The number of aryl methyl sites for hydroxylation is 2. The van der Waals surface area contributed by atoms with Crippen LogP contribution in [-0.4, -0.2) is 33.3 Å². The molecule has 19 heavy (non-hydrogen) atoms. The largest absolute Gasteiger partial charge is 0.385 e. The number of guanidine groups is 1. The zero-order valence-corrected chi connectivity index (χ0v) is 12.4. The molecule has 0 saturated carbocycles. The number of hydrogen-bond acceptors (Lipinski definition) is 2. The Kier molecular flexibility index (Phi) is 6.97.